The van der Waals surface area contributed by atoms with Gasteiger partial charge < -0.3 is 28.7 Å². The number of rotatable bonds is 3. The third kappa shape index (κ3) is 3.04. The molecular weight excluding hydrogens is 460 g/mol. The number of benzene rings is 3. The Kier molecular flexibility index (Phi) is 4.72. The second-order valence-corrected chi connectivity index (χ2v) is 9.41. The van der Waals surface area contributed by atoms with E-state index in [1.165, 1.54) is 0 Å². The van der Waals surface area contributed by atoms with Crippen LogP contribution in [0.25, 0.3) is 0 Å². The fourth-order valence-corrected chi connectivity index (χ4v) is 5.61. The first-order valence-corrected chi connectivity index (χ1v) is 12.1. The normalized spacial score (nSPS) is 21.5. The van der Waals surface area contributed by atoms with E-state index in [1.807, 2.05) is 70.5 Å². The van der Waals surface area contributed by atoms with Gasteiger partial charge in [0.25, 0.3) is 5.91 Å². The Morgan fingerprint density at radius 1 is 0.861 bits per heavy atom. The predicted octanol–water partition coefficient (Wildman–Crippen LogP) is 3.11. The van der Waals surface area contributed by atoms with Crippen LogP contribution >= 0.6 is 0 Å². The van der Waals surface area contributed by atoms with Gasteiger partial charge in [0.1, 0.15) is 17.8 Å². The van der Waals surface area contributed by atoms with Crippen molar-refractivity contribution in [3.63, 3.8) is 0 Å². The van der Waals surface area contributed by atoms with Gasteiger partial charge in [-0.1, -0.05) is 30.3 Å². The Bertz CT molecular complexity index is 1380. The summed E-state index contributed by atoms with van der Waals surface area (Å²) in [7, 11) is 0. The molecule has 4 heterocycles. The van der Waals surface area contributed by atoms with Gasteiger partial charge in [-0.05, 0) is 35.4 Å². The van der Waals surface area contributed by atoms with E-state index >= 15 is 0 Å². The summed E-state index contributed by atoms with van der Waals surface area (Å²) in [6.45, 7) is 3.12. The molecule has 0 aromatic heterocycles. The monoisotopic (exact) mass is 484 g/mol. The highest BCUT2D eigenvalue weighted by atomic mass is 16.7. The molecule has 8 nitrogen and oxygen atoms in total. The zero-order valence-electron chi connectivity index (χ0n) is 19.6. The molecule has 36 heavy (non-hydrogen) atoms. The van der Waals surface area contributed by atoms with E-state index in [4.69, 9.17) is 18.9 Å². The summed E-state index contributed by atoms with van der Waals surface area (Å²) in [6.07, 6.45) is 0. The topological polar surface area (TPSA) is 77.5 Å². The van der Waals surface area contributed by atoms with Gasteiger partial charge in [0.15, 0.2) is 11.5 Å². The lowest BCUT2D eigenvalue weighted by atomic mass is 9.77. The van der Waals surface area contributed by atoms with Crippen molar-refractivity contribution >= 4 is 17.5 Å². The Balaban J connectivity index is 1.20. The molecule has 1 fully saturated rings. The summed E-state index contributed by atoms with van der Waals surface area (Å²) >= 11 is 0. The quantitative estimate of drug-likeness (QED) is 0.569. The van der Waals surface area contributed by atoms with Crippen molar-refractivity contribution in [2.75, 3.05) is 44.6 Å². The zero-order chi connectivity index (χ0) is 24.3. The maximum Gasteiger partial charge on any atom is 0.254 e. The maximum absolute atomic E-state index is 14.1. The summed E-state index contributed by atoms with van der Waals surface area (Å²) in [5, 5.41) is 0. The van der Waals surface area contributed by atoms with Crippen molar-refractivity contribution in [2.45, 2.75) is 12.0 Å². The predicted molar refractivity (Wildman–Crippen MR) is 130 cm³/mol. The van der Waals surface area contributed by atoms with Gasteiger partial charge in [-0.2, -0.15) is 0 Å². The lowest BCUT2D eigenvalue weighted by molar-refractivity contribution is -0.122. The van der Waals surface area contributed by atoms with Gasteiger partial charge in [-0.15, -0.1) is 0 Å². The summed E-state index contributed by atoms with van der Waals surface area (Å²) in [5.41, 5.74) is 3.24. The Labute approximate surface area is 207 Å². The first-order valence-electron chi connectivity index (χ1n) is 12.1. The summed E-state index contributed by atoms with van der Waals surface area (Å²) < 4.78 is 22.5. The molecule has 0 saturated carbocycles. The Hall–Kier alpha value is -4.04. The number of amides is 2. The minimum atomic E-state index is -0.931. The maximum atomic E-state index is 14.1. The molecule has 0 radical (unpaired) electrons. The smallest absolute Gasteiger partial charge is 0.254 e. The standard InChI is InChI=1S/C28H24N2O6/c31-26(29-9-11-33-12-10-29)19-7-5-18(6-8-19)15-30-22-4-2-1-3-20(22)28(27(30)32)16-34-23-14-25-24(13-21(23)28)35-17-36-25/h1-8,13-14H,9-12,15-17H2. The van der Waals surface area contributed by atoms with Crippen molar-refractivity contribution in [3.8, 4) is 17.2 Å². The van der Waals surface area contributed by atoms with Crippen LogP contribution in [0.1, 0.15) is 27.0 Å². The molecule has 3 aromatic carbocycles. The third-order valence-electron chi connectivity index (χ3n) is 7.48. The first-order chi connectivity index (χ1) is 17.6. The van der Waals surface area contributed by atoms with Crippen LogP contribution in [0.15, 0.2) is 60.7 Å². The van der Waals surface area contributed by atoms with E-state index in [0.29, 0.717) is 55.7 Å². The largest absolute Gasteiger partial charge is 0.491 e. The number of morpholine rings is 1. The average Bonchev–Trinajstić information content (AvgIpc) is 3.60. The summed E-state index contributed by atoms with van der Waals surface area (Å²) in [6, 6.07) is 19.1. The average molecular weight is 485 g/mol. The molecule has 8 heteroatoms. The first kappa shape index (κ1) is 21.3. The van der Waals surface area contributed by atoms with Gasteiger partial charge in [-0.25, -0.2) is 0 Å². The lowest BCUT2D eigenvalue weighted by Crippen LogP contribution is -2.42. The molecular formula is C28H24N2O6. The molecule has 7 rings (SSSR count). The van der Waals surface area contributed by atoms with Gasteiger partial charge in [0.05, 0.1) is 19.8 Å². The highest BCUT2D eigenvalue weighted by molar-refractivity contribution is 6.11. The van der Waals surface area contributed by atoms with Gasteiger partial charge in [0.2, 0.25) is 12.7 Å². The minimum Gasteiger partial charge on any atom is -0.491 e. The van der Waals surface area contributed by atoms with Crippen molar-refractivity contribution in [3.05, 3.63) is 82.9 Å². The van der Waals surface area contributed by atoms with E-state index in [-0.39, 0.29) is 25.2 Å². The number of fused-ring (bicyclic) bond motifs is 5. The van der Waals surface area contributed by atoms with Gasteiger partial charge >= 0.3 is 0 Å². The third-order valence-corrected chi connectivity index (χ3v) is 7.48. The zero-order valence-corrected chi connectivity index (χ0v) is 19.6. The van der Waals surface area contributed by atoms with Crippen LogP contribution < -0.4 is 19.1 Å². The number of carbonyl (C=O) groups excluding carboxylic acids is 2. The molecule has 4 aliphatic rings. The van der Waals surface area contributed by atoms with Crippen LogP contribution in [0.4, 0.5) is 5.69 Å². The second-order valence-electron chi connectivity index (χ2n) is 9.41. The molecule has 1 spiro atoms. The number of anilines is 1. The molecule has 182 valence electrons. The molecule has 1 saturated heterocycles. The SMILES string of the molecule is O=C(c1ccc(CN2C(=O)C3(COc4cc5c(cc43)OCO5)c3ccccc32)cc1)N1CCOCC1. The van der Waals surface area contributed by atoms with E-state index in [1.54, 1.807) is 0 Å². The fourth-order valence-electron chi connectivity index (χ4n) is 5.61. The van der Waals surface area contributed by atoms with E-state index in [2.05, 4.69) is 0 Å². The van der Waals surface area contributed by atoms with Crippen LogP contribution in [0.2, 0.25) is 0 Å². The van der Waals surface area contributed by atoms with E-state index in [0.717, 1.165) is 22.4 Å². The highest BCUT2D eigenvalue weighted by Gasteiger charge is 2.57. The number of hydrogen-bond acceptors (Lipinski definition) is 6. The van der Waals surface area contributed by atoms with E-state index < -0.39 is 5.41 Å². The van der Waals surface area contributed by atoms with Crippen LogP contribution in [0, 0.1) is 0 Å². The number of carbonyl (C=O) groups is 2. The lowest BCUT2D eigenvalue weighted by Gasteiger charge is -2.27. The van der Waals surface area contributed by atoms with Crippen molar-refractivity contribution < 1.29 is 28.5 Å². The Morgan fingerprint density at radius 2 is 1.61 bits per heavy atom. The van der Waals surface area contributed by atoms with Crippen LogP contribution in [-0.4, -0.2) is 56.4 Å². The molecule has 1 unspecified atom stereocenters. The molecule has 4 aliphatic heterocycles. The summed E-state index contributed by atoms with van der Waals surface area (Å²) in [5.74, 6) is 1.88. The number of ether oxygens (including phenoxy) is 4. The van der Waals surface area contributed by atoms with Crippen LogP contribution in [0.5, 0.6) is 17.2 Å². The number of nitrogens with zero attached hydrogens (tertiary/aromatic N) is 2. The van der Waals surface area contributed by atoms with Gasteiger partial charge in [-0.3, -0.25) is 9.59 Å². The van der Waals surface area contributed by atoms with Crippen molar-refractivity contribution in [2.24, 2.45) is 0 Å². The van der Waals surface area contributed by atoms with Crippen LogP contribution in [0.3, 0.4) is 0 Å². The molecule has 3 aromatic rings. The van der Waals surface area contributed by atoms with Crippen molar-refractivity contribution in [1.29, 1.82) is 0 Å². The number of hydrogen-bond donors (Lipinski definition) is 0. The van der Waals surface area contributed by atoms with E-state index in [9.17, 15) is 9.59 Å². The fraction of sp³-hybridized carbons (Fsp3) is 0.286. The minimum absolute atomic E-state index is 0.00448. The Morgan fingerprint density at radius 3 is 2.42 bits per heavy atom. The van der Waals surface area contributed by atoms with Gasteiger partial charge in [0, 0.05) is 36.0 Å². The van der Waals surface area contributed by atoms with Crippen LogP contribution in [-0.2, 0) is 21.5 Å². The molecule has 0 bridgehead atoms. The van der Waals surface area contributed by atoms with Crippen molar-refractivity contribution in [1.82, 2.24) is 4.90 Å². The molecule has 2 amide bonds. The highest BCUT2D eigenvalue weighted by Crippen LogP contribution is 2.55. The molecule has 0 N–H and O–H groups in total. The molecule has 1 atom stereocenters. The second kappa shape index (κ2) is 7.99. The number of para-hydroxylation sites is 1. The molecule has 0 aliphatic carbocycles. The summed E-state index contributed by atoms with van der Waals surface area (Å²) in [4.78, 5) is 30.6.